The first-order chi connectivity index (χ1) is 12.2. The first kappa shape index (κ1) is 16.6. The molecule has 0 N–H and O–H groups in total. The molecule has 2 aromatic rings. The fourth-order valence-electron chi connectivity index (χ4n) is 3.38. The number of carbonyl (C=O) groups is 1. The second kappa shape index (κ2) is 7.16. The van der Waals surface area contributed by atoms with Gasteiger partial charge in [-0.1, -0.05) is 18.2 Å². The van der Waals surface area contributed by atoms with Crippen LogP contribution in [0.2, 0.25) is 0 Å². The Bertz CT molecular complexity index is 739. The summed E-state index contributed by atoms with van der Waals surface area (Å²) in [7, 11) is 0. The molecule has 1 amide bonds. The maximum absolute atomic E-state index is 13.0. The smallest absolute Gasteiger partial charge is 0.265 e. The van der Waals surface area contributed by atoms with Crippen LogP contribution in [0.4, 0.5) is 0 Å². The maximum Gasteiger partial charge on any atom is 0.265 e. The Labute approximate surface area is 152 Å². The predicted octanol–water partition coefficient (Wildman–Crippen LogP) is 4.26. The van der Waals surface area contributed by atoms with Gasteiger partial charge in [0, 0.05) is 24.9 Å². The molecule has 0 spiro atoms. The summed E-state index contributed by atoms with van der Waals surface area (Å²) in [5.74, 6) is 2.07. The number of ether oxygens (including phenoxy) is 1. The van der Waals surface area contributed by atoms with Gasteiger partial charge in [-0.25, -0.2) is 4.98 Å². The zero-order valence-electron chi connectivity index (χ0n) is 14.6. The highest BCUT2D eigenvalue weighted by Gasteiger charge is 2.31. The third-order valence-electron chi connectivity index (χ3n) is 4.97. The molecule has 0 radical (unpaired) electrons. The van der Waals surface area contributed by atoms with Gasteiger partial charge in [-0.3, -0.25) is 4.79 Å². The van der Waals surface area contributed by atoms with Gasteiger partial charge < -0.3 is 9.64 Å². The van der Waals surface area contributed by atoms with Crippen molar-refractivity contribution in [2.75, 3.05) is 19.7 Å². The molecule has 25 heavy (non-hydrogen) atoms. The van der Waals surface area contributed by atoms with Gasteiger partial charge in [-0.05, 0) is 44.7 Å². The largest absolute Gasteiger partial charge is 0.493 e. The lowest BCUT2D eigenvalue weighted by atomic mass is 9.98. The quantitative estimate of drug-likeness (QED) is 0.804. The van der Waals surface area contributed by atoms with E-state index in [2.05, 4.69) is 4.98 Å². The molecule has 1 aromatic carbocycles. The molecular formula is C20H24N2O2S. The number of hydrogen-bond acceptors (Lipinski definition) is 4. The van der Waals surface area contributed by atoms with E-state index in [1.807, 2.05) is 42.2 Å². The number of hydrogen-bond donors (Lipinski definition) is 0. The number of benzene rings is 1. The second-order valence-corrected chi connectivity index (χ2v) is 8.16. The molecule has 1 saturated heterocycles. The van der Waals surface area contributed by atoms with E-state index in [0.717, 1.165) is 47.3 Å². The Kier molecular flexibility index (Phi) is 4.75. The average Bonchev–Trinajstić information content (AvgIpc) is 3.43. The summed E-state index contributed by atoms with van der Waals surface area (Å²) in [6, 6.07) is 9.91. The van der Waals surface area contributed by atoms with E-state index in [4.69, 9.17) is 4.74 Å². The zero-order valence-corrected chi connectivity index (χ0v) is 15.4. The topological polar surface area (TPSA) is 42.4 Å². The fraction of sp³-hybridized carbons (Fsp3) is 0.500. The van der Waals surface area contributed by atoms with Crippen molar-refractivity contribution < 1.29 is 9.53 Å². The van der Waals surface area contributed by atoms with Crippen LogP contribution >= 0.6 is 11.3 Å². The van der Waals surface area contributed by atoms with E-state index in [0.29, 0.717) is 18.4 Å². The number of amides is 1. The number of thiazole rings is 1. The van der Waals surface area contributed by atoms with E-state index in [9.17, 15) is 4.79 Å². The van der Waals surface area contributed by atoms with Crippen LogP contribution in [0.1, 0.15) is 52.0 Å². The van der Waals surface area contributed by atoms with Crippen molar-refractivity contribution >= 4 is 17.2 Å². The summed E-state index contributed by atoms with van der Waals surface area (Å²) in [6.07, 6.45) is 4.61. The number of rotatable bonds is 5. The van der Waals surface area contributed by atoms with Crippen molar-refractivity contribution in [1.29, 1.82) is 0 Å². The summed E-state index contributed by atoms with van der Waals surface area (Å²) < 4.78 is 5.90. The van der Waals surface area contributed by atoms with Gasteiger partial charge in [0.05, 0.1) is 17.3 Å². The molecule has 5 heteroatoms. The predicted molar refractivity (Wildman–Crippen MR) is 99.4 cm³/mol. The minimum Gasteiger partial charge on any atom is -0.493 e. The van der Waals surface area contributed by atoms with Gasteiger partial charge in [-0.15, -0.1) is 11.3 Å². The van der Waals surface area contributed by atoms with Crippen molar-refractivity contribution in [2.45, 2.75) is 38.5 Å². The Morgan fingerprint density at radius 3 is 2.84 bits per heavy atom. The number of aromatic nitrogens is 1. The minimum absolute atomic E-state index is 0.159. The minimum atomic E-state index is 0.159. The van der Waals surface area contributed by atoms with Crippen molar-refractivity contribution in [2.24, 2.45) is 5.92 Å². The Hall–Kier alpha value is -1.88. The monoisotopic (exact) mass is 356 g/mol. The number of nitrogens with zero attached hydrogens (tertiary/aromatic N) is 2. The molecule has 2 aliphatic rings. The van der Waals surface area contributed by atoms with Gasteiger partial charge in [0.25, 0.3) is 5.91 Å². The number of piperidine rings is 1. The molecule has 2 heterocycles. The molecule has 4 rings (SSSR count). The fourth-order valence-corrected chi connectivity index (χ4v) is 4.58. The van der Waals surface area contributed by atoms with Crippen molar-refractivity contribution in [3.8, 4) is 5.75 Å². The standard InChI is InChI=1S/C20H24N2O2S/c1-14-18(25-19(21-14)16-9-10-16)20(23)22-11-5-6-15(12-22)13-24-17-7-3-2-4-8-17/h2-4,7-8,15-16H,5-6,9-13H2,1H3. The molecule has 1 aliphatic heterocycles. The van der Waals surface area contributed by atoms with Gasteiger partial charge in [-0.2, -0.15) is 0 Å². The normalized spacial score (nSPS) is 20.5. The van der Waals surface area contributed by atoms with Crippen LogP contribution in [0.25, 0.3) is 0 Å². The SMILES string of the molecule is Cc1nc(C2CC2)sc1C(=O)N1CCCC(COc2ccccc2)C1. The van der Waals surface area contributed by atoms with Crippen LogP contribution in [0.15, 0.2) is 30.3 Å². The van der Waals surface area contributed by atoms with Gasteiger partial charge in [0.15, 0.2) is 0 Å². The molecular weight excluding hydrogens is 332 g/mol. The molecule has 1 saturated carbocycles. The molecule has 132 valence electrons. The van der Waals surface area contributed by atoms with Gasteiger partial charge in [0.2, 0.25) is 0 Å². The lowest BCUT2D eigenvalue weighted by Crippen LogP contribution is -2.41. The summed E-state index contributed by atoms with van der Waals surface area (Å²) in [6.45, 7) is 4.26. The second-order valence-electron chi connectivity index (χ2n) is 7.12. The average molecular weight is 356 g/mol. The highest BCUT2D eigenvalue weighted by atomic mass is 32.1. The summed E-state index contributed by atoms with van der Waals surface area (Å²) >= 11 is 1.61. The maximum atomic E-state index is 13.0. The van der Waals surface area contributed by atoms with E-state index in [-0.39, 0.29) is 5.91 Å². The van der Waals surface area contributed by atoms with E-state index >= 15 is 0 Å². The van der Waals surface area contributed by atoms with Crippen LogP contribution in [0, 0.1) is 12.8 Å². The number of likely N-dealkylation sites (tertiary alicyclic amines) is 1. The number of para-hydroxylation sites is 1. The molecule has 1 aromatic heterocycles. The Morgan fingerprint density at radius 2 is 2.08 bits per heavy atom. The van der Waals surface area contributed by atoms with Crippen LogP contribution in [0.5, 0.6) is 5.75 Å². The van der Waals surface area contributed by atoms with E-state index in [1.165, 1.54) is 12.8 Å². The van der Waals surface area contributed by atoms with Crippen molar-refractivity contribution in [3.63, 3.8) is 0 Å². The van der Waals surface area contributed by atoms with Gasteiger partial charge in [0.1, 0.15) is 10.6 Å². The molecule has 1 aliphatic carbocycles. The lowest BCUT2D eigenvalue weighted by molar-refractivity contribution is 0.0637. The molecule has 4 nitrogen and oxygen atoms in total. The highest BCUT2D eigenvalue weighted by Crippen LogP contribution is 2.42. The Morgan fingerprint density at radius 1 is 1.28 bits per heavy atom. The molecule has 1 atom stereocenters. The van der Waals surface area contributed by atoms with Crippen LogP contribution in [-0.2, 0) is 0 Å². The summed E-state index contributed by atoms with van der Waals surface area (Å²) in [5, 5.41) is 1.15. The summed E-state index contributed by atoms with van der Waals surface area (Å²) in [5.41, 5.74) is 0.902. The number of carbonyl (C=O) groups excluding carboxylic acids is 1. The Balaban J connectivity index is 1.38. The zero-order chi connectivity index (χ0) is 17.2. The third kappa shape index (κ3) is 3.87. The summed E-state index contributed by atoms with van der Waals surface area (Å²) in [4.78, 5) is 20.4. The van der Waals surface area contributed by atoms with Crippen molar-refractivity contribution in [1.82, 2.24) is 9.88 Å². The molecule has 0 bridgehead atoms. The lowest BCUT2D eigenvalue weighted by Gasteiger charge is -2.32. The number of aryl methyl sites for hydroxylation is 1. The van der Waals surface area contributed by atoms with E-state index < -0.39 is 0 Å². The van der Waals surface area contributed by atoms with Gasteiger partial charge >= 0.3 is 0 Å². The van der Waals surface area contributed by atoms with Crippen LogP contribution in [-0.4, -0.2) is 35.5 Å². The third-order valence-corrected chi connectivity index (χ3v) is 6.28. The highest BCUT2D eigenvalue weighted by molar-refractivity contribution is 7.13. The molecule has 1 unspecified atom stereocenters. The van der Waals surface area contributed by atoms with E-state index in [1.54, 1.807) is 11.3 Å². The van der Waals surface area contributed by atoms with Crippen molar-refractivity contribution in [3.05, 3.63) is 45.9 Å². The molecule has 2 fully saturated rings. The first-order valence-electron chi connectivity index (χ1n) is 9.15. The van der Waals surface area contributed by atoms with Crippen LogP contribution in [0.3, 0.4) is 0 Å². The van der Waals surface area contributed by atoms with Crippen LogP contribution < -0.4 is 4.74 Å². The first-order valence-corrected chi connectivity index (χ1v) is 9.97.